The quantitative estimate of drug-likeness (QED) is 0.723. The summed E-state index contributed by atoms with van der Waals surface area (Å²) in [5.74, 6) is 0.542. The molecule has 4 N–H and O–H groups in total. The number of nitrogens with one attached hydrogen (secondary N) is 2. The largest absolute Gasteiger partial charge is 0.397 e. The van der Waals surface area contributed by atoms with Crippen LogP contribution in [0, 0.1) is 5.92 Å². The van der Waals surface area contributed by atoms with Gasteiger partial charge in [-0.2, -0.15) is 0 Å². The Morgan fingerprint density at radius 3 is 2.86 bits per heavy atom. The van der Waals surface area contributed by atoms with E-state index in [9.17, 15) is 4.79 Å². The molecule has 0 aromatic heterocycles. The average Bonchev–Trinajstić information content (AvgIpc) is 2.94. The SMILES string of the molecule is CNC(=O)c1ccc(N)c(NCC2CCN(C(C)C)C2)c1. The van der Waals surface area contributed by atoms with Crippen LogP contribution in [0.25, 0.3) is 0 Å². The second-order valence-corrected chi connectivity index (χ2v) is 6.01. The lowest BCUT2D eigenvalue weighted by Gasteiger charge is -2.20. The normalized spacial score (nSPS) is 19.0. The van der Waals surface area contributed by atoms with Crippen LogP contribution >= 0.6 is 0 Å². The van der Waals surface area contributed by atoms with E-state index in [0.29, 0.717) is 23.2 Å². The highest BCUT2D eigenvalue weighted by Gasteiger charge is 2.23. The van der Waals surface area contributed by atoms with Crippen molar-refractivity contribution in [1.82, 2.24) is 10.2 Å². The summed E-state index contributed by atoms with van der Waals surface area (Å²) in [4.78, 5) is 14.2. The summed E-state index contributed by atoms with van der Waals surface area (Å²) in [6.45, 7) is 7.66. The van der Waals surface area contributed by atoms with Crippen molar-refractivity contribution in [2.75, 3.05) is 37.7 Å². The summed E-state index contributed by atoms with van der Waals surface area (Å²) in [5.41, 5.74) is 8.14. The summed E-state index contributed by atoms with van der Waals surface area (Å²) in [5, 5.41) is 6.03. The van der Waals surface area contributed by atoms with Crippen molar-refractivity contribution in [3.63, 3.8) is 0 Å². The lowest BCUT2D eigenvalue weighted by Crippen LogP contribution is -2.29. The molecule has 1 aromatic carbocycles. The van der Waals surface area contributed by atoms with E-state index in [4.69, 9.17) is 5.73 Å². The van der Waals surface area contributed by atoms with Crippen molar-refractivity contribution in [2.45, 2.75) is 26.3 Å². The van der Waals surface area contributed by atoms with Crippen LogP contribution in [0.2, 0.25) is 0 Å². The number of nitrogens with zero attached hydrogens (tertiary/aromatic N) is 1. The number of carbonyl (C=O) groups excluding carboxylic acids is 1. The van der Waals surface area contributed by atoms with E-state index in [2.05, 4.69) is 29.4 Å². The molecule has 1 fully saturated rings. The zero-order valence-electron chi connectivity index (χ0n) is 13.1. The van der Waals surface area contributed by atoms with Gasteiger partial charge in [0.2, 0.25) is 0 Å². The molecule has 1 atom stereocenters. The maximum atomic E-state index is 11.7. The highest BCUT2D eigenvalue weighted by molar-refractivity contribution is 5.96. The molecule has 1 aromatic rings. The number of nitrogen functional groups attached to an aromatic ring is 1. The van der Waals surface area contributed by atoms with Crippen LogP contribution in [0.3, 0.4) is 0 Å². The third kappa shape index (κ3) is 3.88. The second-order valence-electron chi connectivity index (χ2n) is 6.01. The number of rotatable bonds is 5. The minimum absolute atomic E-state index is 0.0927. The molecule has 1 aliphatic heterocycles. The van der Waals surface area contributed by atoms with Crippen molar-refractivity contribution in [3.8, 4) is 0 Å². The van der Waals surface area contributed by atoms with E-state index in [1.165, 1.54) is 6.42 Å². The van der Waals surface area contributed by atoms with Crippen molar-refractivity contribution >= 4 is 17.3 Å². The fraction of sp³-hybridized carbons (Fsp3) is 0.562. The molecule has 0 saturated carbocycles. The average molecular weight is 290 g/mol. The maximum absolute atomic E-state index is 11.7. The zero-order valence-corrected chi connectivity index (χ0v) is 13.1. The van der Waals surface area contributed by atoms with E-state index in [1.54, 1.807) is 19.2 Å². The molecule has 5 heteroatoms. The Morgan fingerprint density at radius 2 is 2.24 bits per heavy atom. The molecule has 2 rings (SSSR count). The molecule has 1 heterocycles. The Morgan fingerprint density at radius 1 is 1.48 bits per heavy atom. The highest BCUT2D eigenvalue weighted by atomic mass is 16.1. The predicted octanol–water partition coefficient (Wildman–Crippen LogP) is 1.77. The van der Waals surface area contributed by atoms with Crippen LogP contribution in [0.4, 0.5) is 11.4 Å². The molecule has 1 saturated heterocycles. The van der Waals surface area contributed by atoms with Gasteiger partial charge in [0.15, 0.2) is 0 Å². The molecular weight excluding hydrogens is 264 g/mol. The molecule has 1 aliphatic rings. The van der Waals surface area contributed by atoms with Crippen LogP contribution in [0.15, 0.2) is 18.2 Å². The van der Waals surface area contributed by atoms with Gasteiger partial charge in [0.1, 0.15) is 0 Å². The minimum atomic E-state index is -0.0927. The monoisotopic (exact) mass is 290 g/mol. The molecule has 0 aliphatic carbocycles. The predicted molar refractivity (Wildman–Crippen MR) is 87.6 cm³/mol. The van der Waals surface area contributed by atoms with Gasteiger partial charge in [-0.3, -0.25) is 4.79 Å². The van der Waals surface area contributed by atoms with Crippen LogP contribution in [-0.2, 0) is 0 Å². The number of anilines is 2. The van der Waals surface area contributed by atoms with Crippen molar-refractivity contribution in [3.05, 3.63) is 23.8 Å². The van der Waals surface area contributed by atoms with Gasteiger partial charge in [-0.1, -0.05) is 0 Å². The number of amides is 1. The van der Waals surface area contributed by atoms with Gasteiger partial charge in [-0.15, -0.1) is 0 Å². The first-order valence-corrected chi connectivity index (χ1v) is 7.60. The molecule has 0 radical (unpaired) electrons. The van der Waals surface area contributed by atoms with E-state index in [0.717, 1.165) is 25.3 Å². The third-order valence-electron chi connectivity index (χ3n) is 4.17. The molecule has 0 bridgehead atoms. The fourth-order valence-electron chi connectivity index (χ4n) is 2.75. The Labute approximate surface area is 126 Å². The van der Waals surface area contributed by atoms with Crippen LogP contribution < -0.4 is 16.4 Å². The number of benzene rings is 1. The summed E-state index contributed by atoms with van der Waals surface area (Å²) in [6.07, 6.45) is 1.21. The smallest absolute Gasteiger partial charge is 0.251 e. The Kier molecular flexibility index (Phi) is 5.07. The van der Waals surface area contributed by atoms with Crippen molar-refractivity contribution in [1.29, 1.82) is 0 Å². The van der Waals surface area contributed by atoms with E-state index < -0.39 is 0 Å². The van der Waals surface area contributed by atoms with Gasteiger partial charge in [0.05, 0.1) is 11.4 Å². The number of hydrogen-bond acceptors (Lipinski definition) is 4. The standard InChI is InChI=1S/C16H26N4O/c1-11(2)20-7-6-12(10-20)9-19-15-8-13(16(21)18-3)4-5-14(15)17/h4-5,8,11-12,19H,6-7,9-10,17H2,1-3H3,(H,18,21). The molecule has 5 nitrogen and oxygen atoms in total. The zero-order chi connectivity index (χ0) is 15.4. The van der Waals surface area contributed by atoms with Gasteiger partial charge < -0.3 is 21.3 Å². The van der Waals surface area contributed by atoms with Crippen LogP contribution in [0.5, 0.6) is 0 Å². The van der Waals surface area contributed by atoms with Gasteiger partial charge in [0, 0.05) is 31.7 Å². The van der Waals surface area contributed by atoms with E-state index >= 15 is 0 Å². The van der Waals surface area contributed by atoms with Crippen LogP contribution in [0.1, 0.15) is 30.6 Å². The van der Waals surface area contributed by atoms with Gasteiger partial charge in [-0.05, 0) is 50.9 Å². The number of carbonyl (C=O) groups is 1. The molecule has 21 heavy (non-hydrogen) atoms. The lowest BCUT2D eigenvalue weighted by atomic mass is 10.1. The summed E-state index contributed by atoms with van der Waals surface area (Å²) >= 11 is 0. The van der Waals surface area contributed by atoms with E-state index in [1.807, 2.05) is 6.07 Å². The first-order valence-electron chi connectivity index (χ1n) is 7.60. The minimum Gasteiger partial charge on any atom is -0.397 e. The number of nitrogens with two attached hydrogens (primary N) is 1. The Bertz CT molecular complexity index is 501. The molecular formula is C16H26N4O. The van der Waals surface area contributed by atoms with Crippen molar-refractivity contribution < 1.29 is 4.79 Å². The first kappa shape index (κ1) is 15.6. The Hall–Kier alpha value is -1.75. The second kappa shape index (κ2) is 6.80. The van der Waals surface area contributed by atoms with Crippen molar-refractivity contribution in [2.24, 2.45) is 5.92 Å². The lowest BCUT2D eigenvalue weighted by molar-refractivity contribution is 0.0963. The van der Waals surface area contributed by atoms with Gasteiger partial charge in [-0.25, -0.2) is 0 Å². The Balaban J connectivity index is 1.95. The first-order chi connectivity index (χ1) is 10.0. The summed E-state index contributed by atoms with van der Waals surface area (Å²) in [6, 6.07) is 5.96. The highest BCUT2D eigenvalue weighted by Crippen LogP contribution is 2.23. The molecule has 1 amide bonds. The summed E-state index contributed by atoms with van der Waals surface area (Å²) in [7, 11) is 1.63. The van der Waals surface area contributed by atoms with Gasteiger partial charge in [0.25, 0.3) is 5.91 Å². The van der Waals surface area contributed by atoms with E-state index in [-0.39, 0.29) is 5.91 Å². The summed E-state index contributed by atoms with van der Waals surface area (Å²) < 4.78 is 0. The number of likely N-dealkylation sites (tertiary alicyclic amines) is 1. The van der Waals surface area contributed by atoms with Gasteiger partial charge >= 0.3 is 0 Å². The maximum Gasteiger partial charge on any atom is 0.251 e. The van der Waals surface area contributed by atoms with Crippen LogP contribution in [-0.4, -0.2) is 43.5 Å². The topological polar surface area (TPSA) is 70.4 Å². The number of hydrogen-bond donors (Lipinski definition) is 3. The fourth-order valence-corrected chi connectivity index (χ4v) is 2.75. The molecule has 0 spiro atoms. The molecule has 1 unspecified atom stereocenters. The molecule has 116 valence electrons. The third-order valence-corrected chi connectivity index (χ3v) is 4.17.